The van der Waals surface area contributed by atoms with E-state index >= 15 is 0 Å². The van der Waals surface area contributed by atoms with Crippen LogP contribution in [0.5, 0.6) is 5.75 Å². The summed E-state index contributed by atoms with van der Waals surface area (Å²) in [5.74, 6) is 0.772. The lowest BCUT2D eigenvalue weighted by molar-refractivity contribution is 0.415. The summed E-state index contributed by atoms with van der Waals surface area (Å²) in [7, 11) is 3.64. The van der Waals surface area contributed by atoms with Crippen molar-refractivity contribution in [3.8, 4) is 5.75 Å². The van der Waals surface area contributed by atoms with Crippen molar-refractivity contribution in [1.82, 2.24) is 4.98 Å². The first-order valence-electron chi connectivity index (χ1n) is 5.66. The Kier molecular flexibility index (Phi) is 3.72. The van der Waals surface area contributed by atoms with Crippen molar-refractivity contribution in [2.75, 3.05) is 24.8 Å². The minimum Gasteiger partial charge on any atom is -0.497 e. The number of anilines is 2. The number of methoxy groups -OCH3 is 1. The molecule has 2 aromatic rings. The van der Waals surface area contributed by atoms with Gasteiger partial charge in [0.05, 0.1) is 35.7 Å². The molecule has 2 rings (SSSR count). The Balaban J connectivity index is 2.15. The van der Waals surface area contributed by atoms with Gasteiger partial charge in [0.25, 0.3) is 0 Å². The molecule has 0 saturated heterocycles. The maximum Gasteiger partial charge on any atom is 0.121 e. The van der Waals surface area contributed by atoms with E-state index in [0.29, 0.717) is 5.69 Å². The van der Waals surface area contributed by atoms with Crippen molar-refractivity contribution in [2.45, 2.75) is 13.5 Å². The lowest BCUT2D eigenvalue weighted by atomic mass is 10.2. The normalized spacial score (nSPS) is 10.4. The molecule has 2 N–H and O–H groups in total. The number of benzene rings is 1. The fourth-order valence-electron chi connectivity index (χ4n) is 1.82. The molecular weight excluding hydrogens is 246 g/mol. The van der Waals surface area contributed by atoms with Gasteiger partial charge in [0.15, 0.2) is 0 Å². The highest BCUT2D eigenvalue weighted by atomic mass is 32.1. The number of nitrogen functional groups attached to an aromatic ring is 1. The third kappa shape index (κ3) is 2.73. The molecule has 0 spiro atoms. The quantitative estimate of drug-likeness (QED) is 0.862. The van der Waals surface area contributed by atoms with Gasteiger partial charge in [0, 0.05) is 18.5 Å². The zero-order chi connectivity index (χ0) is 13.1. The van der Waals surface area contributed by atoms with Crippen molar-refractivity contribution in [3.63, 3.8) is 0 Å². The summed E-state index contributed by atoms with van der Waals surface area (Å²) < 4.78 is 5.14. The van der Waals surface area contributed by atoms with Crippen LogP contribution in [0.25, 0.3) is 0 Å². The van der Waals surface area contributed by atoms with Crippen LogP contribution in [0.2, 0.25) is 0 Å². The van der Waals surface area contributed by atoms with Crippen molar-refractivity contribution >= 4 is 22.7 Å². The van der Waals surface area contributed by atoms with E-state index in [-0.39, 0.29) is 0 Å². The smallest absolute Gasteiger partial charge is 0.121 e. The number of aromatic nitrogens is 1. The molecule has 18 heavy (non-hydrogen) atoms. The monoisotopic (exact) mass is 263 g/mol. The number of aryl methyl sites for hydroxylation is 1. The topological polar surface area (TPSA) is 51.4 Å². The molecular formula is C13H17N3OS. The number of nitrogens with two attached hydrogens (primary N) is 1. The summed E-state index contributed by atoms with van der Waals surface area (Å²) >= 11 is 1.66. The molecule has 0 aliphatic rings. The first-order chi connectivity index (χ1) is 8.60. The molecule has 0 bridgehead atoms. The molecule has 0 atom stereocenters. The molecule has 0 saturated carbocycles. The molecule has 4 nitrogen and oxygen atoms in total. The Labute approximate surface area is 111 Å². The summed E-state index contributed by atoms with van der Waals surface area (Å²) in [5.41, 5.74) is 8.78. The van der Waals surface area contributed by atoms with Crippen molar-refractivity contribution in [3.05, 3.63) is 34.3 Å². The van der Waals surface area contributed by atoms with E-state index in [1.54, 1.807) is 18.4 Å². The third-order valence-corrected chi connectivity index (χ3v) is 3.53. The summed E-state index contributed by atoms with van der Waals surface area (Å²) in [6.45, 7) is 2.76. The summed E-state index contributed by atoms with van der Waals surface area (Å²) in [5, 5.41) is 3.16. The Bertz CT molecular complexity index is 539. The van der Waals surface area contributed by atoms with Crippen LogP contribution < -0.4 is 15.4 Å². The van der Waals surface area contributed by atoms with E-state index < -0.39 is 0 Å². The van der Waals surface area contributed by atoms with Gasteiger partial charge in [-0.1, -0.05) is 0 Å². The number of thiazole rings is 1. The van der Waals surface area contributed by atoms with Crippen LogP contribution in [0.4, 0.5) is 11.4 Å². The zero-order valence-electron chi connectivity index (χ0n) is 10.8. The van der Waals surface area contributed by atoms with Crippen LogP contribution in [0.3, 0.4) is 0 Å². The van der Waals surface area contributed by atoms with Gasteiger partial charge in [-0.2, -0.15) is 0 Å². The maximum absolute atomic E-state index is 6.02. The number of hydrogen-bond donors (Lipinski definition) is 1. The molecule has 1 heterocycles. The van der Waals surface area contributed by atoms with E-state index in [0.717, 1.165) is 28.7 Å². The van der Waals surface area contributed by atoms with Crippen LogP contribution in [0.1, 0.15) is 10.7 Å². The summed E-state index contributed by atoms with van der Waals surface area (Å²) in [6.07, 6.45) is 0. The second-order valence-electron chi connectivity index (χ2n) is 4.14. The number of ether oxygens (including phenoxy) is 1. The fourth-order valence-corrected chi connectivity index (χ4v) is 2.42. The van der Waals surface area contributed by atoms with Crippen molar-refractivity contribution in [1.29, 1.82) is 0 Å². The maximum atomic E-state index is 6.02. The summed E-state index contributed by atoms with van der Waals surface area (Å²) in [6, 6.07) is 5.71. The van der Waals surface area contributed by atoms with Crippen LogP contribution >= 0.6 is 11.3 Å². The van der Waals surface area contributed by atoms with E-state index in [1.165, 1.54) is 0 Å². The Morgan fingerprint density at radius 1 is 1.44 bits per heavy atom. The molecule has 96 valence electrons. The Morgan fingerprint density at radius 2 is 2.22 bits per heavy atom. The van der Waals surface area contributed by atoms with E-state index in [9.17, 15) is 0 Å². The average Bonchev–Trinajstić information content (AvgIpc) is 2.74. The van der Waals surface area contributed by atoms with E-state index in [1.807, 2.05) is 32.2 Å². The van der Waals surface area contributed by atoms with Gasteiger partial charge < -0.3 is 15.4 Å². The SMILES string of the molecule is COc1ccc(N(C)Cc2csc(C)n2)c(N)c1. The number of hydrogen-bond acceptors (Lipinski definition) is 5. The Hall–Kier alpha value is -1.75. The fraction of sp³-hybridized carbons (Fsp3) is 0.308. The average molecular weight is 263 g/mol. The largest absolute Gasteiger partial charge is 0.497 e. The van der Waals surface area contributed by atoms with Gasteiger partial charge in [-0.05, 0) is 19.1 Å². The molecule has 1 aromatic carbocycles. The minimum atomic E-state index is 0.712. The van der Waals surface area contributed by atoms with Crippen molar-refractivity contribution < 1.29 is 4.74 Å². The summed E-state index contributed by atoms with van der Waals surface area (Å²) in [4.78, 5) is 6.54. The van der Waals surface area contributed by atoms with E-state index in [2.05, 4.69) is 15.3 Å². The first-order valence-corrected chi connectivity index (χ1v) is 6.54. The highest BCUT2D eigenvalue weighted by molar-refractivity contribution is 7.09. The lowest BCUT2D eigenvalue weighted by Gasteiger charge is -2.20. The first kappa shape index (κ1) is 12.7. The predicted octanol–water partition coefficient (Wildman–Crippen LogP) is 2.68. The molecule has 0 aliphatic heterocycles. The van der Waals surface area contributed by atoms with E-state index in [4.69, 9.17) is 10.5 Å². The molecule has 1 aromatic heterocycles. The molecule has 0 fully saturated rings. The second-order valence-corrected chi connectivity index (χ2v) is 5.20. The molecule has 5 heteroatoms. The van der Waals surface area contributed by atoms with Crippen LogP contribution in [0.15, 0.2) is 23.6 Å². The van der Waals surface area contributed by atoms with Gasteiger partial charge in [-0.3, -0.25) is 0 Å². The van der Waals surface area contributed by atoms with Gasteiger partial charge in [0.1, 0.15) is 5.75 Å². The Morgan fingerprint density at radius 3 is 2.78 bits per heavy atom. The van der Waals surface area contributed by atoms with Gasteiger partial charge >= 0.3 is 0 Å². The van der Waals surface area contributed by atoms with Crippen molar-refractivity contribution in [2.24, 2.45) is 0 Å². The predicted molar refractivity (Wildman–Crippen MR) is 76.4 cm³/mol. The van der Waals surface area contributed by atoms with Crippen LogP contribution in [0, 0.1) is 6.92 Å². The standard InChI is InChI=1S/C13H17N3OS/c1-9-15-10(8-18-9)7-16(2)13-5-4-11(17-3)6-12(13)14/h4-6,8H,7,14H2,1-3H3. The van der Waals surface area contributed by atoms with Gasteiger partial charge in [-0.15, -0.1) is 11.3 Å². The van der Waals surface area contributed by atoms with Crippen LogP contribution in [-0.4, -0.2) is 19.1 Å². The molecule has 0 aliphatic carbocycles. The molecule has 0 amide bonds. The molecule has 0 radical (unpaired) electrons. The number of nitrogens with zero attached hydrogens (tertiary/aromatic N) is 2. The number of rotatable bonds is 4. The minimum absolute atomic E-state index is 0.712. The highest BCUT2D eigenvalue weighted by Crippen LogP contribution is 2.27. The molecule has 0 unspecified atom stereocenters. The highest BCUT2D eigenvalue weighted by Gasteiger charge is 2.08. The second kappa shape index (κ2) is 5.27. The third-order valence-electron chi connectivity index (χ3n) is 2.71. The zero-order valence-corrected chi connectivity index (χ0v) is 11.6. The van der Waals surface area contributed by atoms with Gasteiger partial charge in [0.2, 0.25) is 0 Å². The van der Waals surface area contributed by atoms with Gasteiger partial charge in [-0.25, -0.2) is 4.98 Å². The lowest BCUT2D eigenvalue weighted by Crippen LogP contribution is -2.18. The van der Waals surface area contributed by atoms with Crippen LogP contribution in [-0.2, 0) is 6.54 Å².